The van der Waals surface area contributed by atoms with Gasteiger partial charge in [-0.25, -0.2) is 4.79 Å². The lowest BCUT2D eigenvalue weighted by Gasteiger charge is -2.44. The minimum Gasteiger partial charge on any atom is -0.377 e. The molecule has 3 heterocycles. The molecule has 2 N–H and O–H groups in total. The summed E-state index contributed by atoms with van der Waals surface area (Å²) in [6.07, 6.45) is -0.888. The third-order valence-electron chi connectivity index (χ3n) is 12.4. The molecule has 60 heavy (non-hydrogen) atoms. The van der Waals surface area contributed by atoms with Crippen molar-refractivity contribution in [3.05, 3.63) is 59.2 Å². The molecule has 0 spiro atoms. The van der Waals surface area contributed by atoms with Crippen molar-refractivity contribution in [3.63, 3.8) is 0 Å². The van der Waals surface area contributed by atoms with E-state index in [9.17, 15) is 37.1 Å². The molecule has 3 aliphatic heterocycles. The number of urea groups is 1. The lowest BCUT2D eigenvalue weighted by molar-refractivity contribution is -0.139. The zero-order chi connectivity index (χ0) is 42.9. The van der Waals surface area contributed by atoms with Crippen molar-refractivity contribution in [2.45, 2.75) is 126 Å². The van der Waals surface area contributed by atoms with Crippen LogP contribution in [0.15, 0.2) is 47.4 Å². The van der Waals surface area contributed by atoms with Gasteiger partial charge in [-0.1, -0.05) is 19.1 Å². The number of rotatable bonds is 12. The fourth-order valence-electron chi connectivity index (χ4n) is 9.07. The van der Waals surface area contributed by atoms with Gasteiger partial charge in [-0.15, -0.1) is 12.4 Å². The maximum absolute atomic E-state index is 13.6. The molecule has 3 saturated heterocycles. The number of carbonyl (C=O) groups is 5. The molecule has 0 aromatic heterocycles. The molecule has 0 bridgehead atoms. The van der Waals surface area contributed by atoms with Gasteiger partial charge in [0.1, 0.15) is 5.54 Å². The Balaban J connectivity index is 0.00000683. The zero-order valence-corrected chi connectivity index (χ0v) is 36.1. The first-order valence-corrected chi connectivity index (χ1v) is 21.0. The smallest absolute Gasteiger partial charge is 0.377 e. The summed E-state index contributed by atoms with van der Waals surface area (Å²) in [6.45, 7) is 12.4. The Hall–Kier alpha value is -4.21. The summed E-state index contributed by atoms with van der Waals surface area (Å²) in [5.74, 6) is -1.18. The van der Waals surface area contributed by atoms with E-state index in [0.717, 1.165) is 41.6 Å². The number of halogens is 4. The molecule has 0 unspecified atom stereocenters. The first-order chi connectivity index (χ1) is 27.9. The van der Waals surface area contributed by atoms with E-state index in [2.05, 4.69) is 34.3 Å². The Bertz CT molecular complexity index is 1980. The number of benzene rings is 2. The Morgan fingerprint density at radius 3 is 2.25 bits per heavy atom. The van der Waals surface area contributed by atoms with Gasteiger partial charge in [-0.2, -0.15) is 22.7 Å². The predicted octanol–water partition coefficient (Wildman–Crippen LogP) is 6.49. The van der Waals surface area contributed by atoms with Crippen LogP contribution in [-0.4, -0.2) is 111 Å². The number of nitrogens with zero attached hydrogens (tertiary/aromatic N) is 5. The Morgan fingerprint density at radius 2 is 1.67 bits per heavy atom. The average Bonchev–Trinajstić information content (AvgIpc) is 3.35. The van der Waals surface area contributed by atoms with Crippen molar-refractivity contribution >= 4 is 59.7 Å². The van der Waals surface area contributed by atoms with E-state index in [0.29, 0.717) is 69.2 Å². The number of imide groups is 2. The first-order valence-electron chi connectivity index (χ1n) is 20.2. The molecule has 2 aromatic rings. The minimum absolute atomic E-state index is 0. The number of piperazine rings is 1. The Morgan fingerprint density at radius 1 is 1.02 bits per heavy atom. The molecule has 6 rings (SSSR count). The maximum Gasteiger partial charge on any atom is 0.417 e. The van der Waals surface area contributed by atoms with Crippen LogP contribution in [0, 0.1) is 11.3 Å². The fraction of sp³-hybridized carbons (Fsp3) is 0.571. The van der Waals surface area contributed by atoms with Gasteiger partial charge < -0.3 is 15.0 Å². The van der Waals surface area contributed by atoms with Crippen LogP contribution in [-0.2, 0) is 35.5 Å². The van der Waals surface area contributed by atoms with E-state index < -0.39 is 40.2 Å². The summed E-state index contributed by atoms with van der Waals surface area (Å²) in [4.78, 5) is 70.8. The number of anilines is 1. The highest BCUT2D eigenvalue weighted by atomic mass is 35.5. The standard InChI is InChI=1S/C42H52F3N7O6S.ClH/c1-6-41(18-17-35(53)48-37(41)55)29-8-10-30(11-9-29)47-36(54)25-50-26(2)23-49(24-27(50)3)19-20-58-32-14-12-31(13-15-32)51-39(57)52(38(56)40(51,4)5)59-33-16-7-28(22-46)34(21-33)42(43,44)45;/h7-11,16,21,26-27,31-32H,6,12-15,17-20,23-25H2,1-5H3,(H,47,54)(H,48,53,55);1H/t26-,27+,31?,32?,41-;/m0./s1. The molecule has 6 amide bonds. The second kappa shape index (κ2) is 18.8. The molecular formula is C42H53ClF3N7O6S. The molecule has 326 valence electrons. The summed E-state index contributed by atoms with van der Waals surface area (Å²) in [5.41, 5.74) is -2.15. The maximum atomic E-state index is 13.6. The molecule has 1 aliphatic carbocycles. The summed E-state index contributed by atoms with van der Waals surface area (Å²) in [5, 5.41) is 14.6. The topological polar surface area (TPSA) is 155 Å². The van der Waals surface area contributed by atoms with E-state index in [1.54, 1.807) is 36.9 Å². The lowest BCUT2D eigenvalue weighted by Crippen LogP contribution is -2.58. The van der Waals surface area contributed by atoms with Gasteiger partial charge in [0, 0.05) is 54.8 Å². The van der Waals surface area contributed by atoms with E-state index in [4.69, 9.17) is 10.00 Å². The van der Waals surface area contributed by atoms with Gasteiger partial charge >= 0.3 is 12.2 Å². The molecule has 13 nitrogen and oxygen atoms in total. The quantitative estimate of drug-likeness (QED) is 0.137. The van der Waals surface area contributed by atoms with Crippen molar-refractivity contribution in [3.8, 4) is 6.07 Å². The monoisotopic (exact) mass is 875 g/mol. The number of hydrogen-bond donors (Lipinski definition) is 2. The normalized spacial score (nSPS) is 26.4. The van der Waals surface area contributed by atoms with Crippen molar-refractivity contribution < 1.29 is 41.9 Å². The molecule has 4 fully saturated rings. The highest BCUT2D eigenvalue weighted by Crippen LogP contribution is 2.42. The van der Waals surface area contributed by atoms with Crippen LogP contribution in [0.1, 0.15) is 96.3 Å². The fourth-order valence-corrected chi connectivity index (χ4v) is 10.1. The van der Waals surface area contributed by atoms with E-state index >= 15 is 0 Å². The zero-order valence-electron chi connectivity index (χ0n) is 34.5. The van der Waals surface area contributed by atoms with Gasteiger partial charge in [-0.05, 0) is 114 Å². The number of ether oxygens (including phenoxy) is 1. The van der Waals surface area contributed by atoms with Gasteiger partial charge in [-0.3, -0.25) is 34.3 Å². The summed E-state index contributed by atoms with van der Waals surface area (Å²) in [6, 6.07) is 11.4. The first kappa shape index (κ1) is 46.8. The van der Waals surface area contributed by atoms with Crippen LogP contribution >= 0.6 is 24.4 Å². The molecule has 1 saturated carbocycles. The molecule has 3 atom stereocenters. The van der Waals surface area contributed by atoms with E-state index in [1.165, 1.54) is 6.07 Å². The molecule has 4 aliphatic rings. The van der Waals surface area contributed by atoms with Gasteiger partial charge in [0.05, 0.1) is 41.9 Å². The van der Waals surface area contributed by atoms with Crippen LogP contribution in [0.2, 0.25) is 0 Å². The highest BCUT2D eigenvalue weighted by Gasteiger charge is 2.55. The van der Waals surface area contributed by atoms with Gasteiger partial charge in [0.15, 0.2) is 0 Å². The van der Waals surface area contributed by atoms with Crippen molar-refractivity contribution in [2.75, 3.05) is 38.1 Å². The summed E-state index contributed by atoms with van der Waals surface area (Å²) in [7, 11) is 0. The highest BCUT2D eigenvalue weighted by molar-refractivity contribution is 7.98. The molecule has 18 heteroatoms. The average molecular weight is 876 g/mol. The third-order valence-corrected chi connectivity index (χ3v) is 13.3. The Labute approximate surface area is 359 Å². The lowest BCUT2D eigenvalue weighted by atomic mass is 9.72. The largest absolute Gasteiger partial charge is 0.417 e. The summed E-state index contributed by atoms with van der Waals surface area (Å²) >= 11 is 0.634. The molecule has 0 radical (unpaired) electrons. The molecular weight excluding hydrogens is 823 g/mol. The summed E-state index contributed by atoms with van der Waals surface area (Å²) < 4.78 is 47.9. The predicted molar refractivity (Wildman–Crippen MR) is 221 cm³/mol. The number of amides is 6. The second-order valence-electron chi connectivity index (χ2n) is 16.6. The minimum atomic E-state index is -4.77. The second-order valence-corrected chi connectivity index (χ2v) is 17.6. The van der Waals surface area contributed by atoms with Crippen molar-refractivity contribution in [1.29, 1.82) is 5.26 Å². The number of alkyl halides is 3. The number of carbonyl (C=O) groups excluding carboxylic acids is 5. The number of nitrogens with one attached hydrogen (secondary N) is 2. The van der Waals surface area contributed by atoms with Gasteiger partial charge in [0.2, 0.25) is 17.7 Å². The number of piperidine rings is 1. The van der Waals surface area contributed by atoms with Crippen molar-refractivity contribution in [2.24, 2.45) is 0 Å². The van der Waals surface area contributed by atoms with E-state index in [1.807, 2.05) is 19.1 Å². The number of nitriles is 1. The van der Waals surface area contributed by atoms with Crippen LogP contribution in [0.5, 0.6) is 0 Å². The van der Waals surface area contributed by atoms with E-state index in [-0.39, 0.29) is 65.8 Å². The van der Waals surface area contributed by atoms with Crippen LogP contribution in [0.4, 0.5) is 23.7 Å². The van der Waals surface area contributed by atoms with Crippen LogP contribution < -0.4 is 10.6 Å². The van der Waals surface area contributed by atoms with Crippen LogP contribution in [0.25, 0.3) is 0 Å². The van der Waals surface area contributed by atoms with Crippen LogP contribution in [0.3, 0.4) is 0 Å². The third kappa shape index (κ3) is 9.78. The molecule has 2 aromatic carbocycles. The number of hydrogen-bond acceptors (Lipinski definition) is 10. The van der Waals surface area contributed by atoms with Gasteiger partial charge in [0.25, 0.3) is 5.91 Å². The van der Waals surface area contributed by atoms with Crippen molar-refractivity contribution in [1.82, 2.24) is 24.3 Å². The SMILES string of the molecule is CC[C@@]1(c2ccc(NC(=O)CN3[C@H](C)CN(CCOC4CCC(N5C(=O)N(Sc6ccc(C#N)c(C(F)(F)F)c6)C(=O)C5(C)C)CC4)C[C@@H]3C)cc2)CCC(=O)NC1=O.Cl. The Kier molecular flexibility index (Phi) is 14.7.